The van der Waals surface area contributed by atoms with Crippen molar-refractivity contribution < 1.29 is 9.90 Å². The Morgan fingerprint density at radius 3 is 2.50 bits per heavy atom. The van der Waals surface area contributed by atoms with Crippen LogP contribution in [0.5, 0.6) is 0 Å². The van der Waals surface area contributed by atoms with Gasteiger partial charge in [-0.05, 0) is 30.0 Å². The van der Waals surface area contributed by atoms with Gasteiger partial charge in [0.2, 0.25) is 0 Å². The Hall–Kier alpha value is -1.82. The van der Waals surface area contributed by atoms with E-state index in [1.165, 1.54) is 0 Å². The molecule has 3 nitrogen and oxygen atoms in total. The topological polar surface area (TPSA) is 61.1 Å². The van der Waals surface area contributed by atoms with Crippen molar-refractivity contribution in [2.75, 3.05) is 0 Å². The molecule has 2 atom stereocenters. The normalized spacial score (nSPS) is 23.9. The quantitative estimate of drug-likeness (QED) is 0.767. The van der Waals surface area contributed by atoms with Crippen LogP contribution >= 0.6 is 0 Å². The van der Waals surface area contributed by atoms with E-state index in [1.54, 1.807) is 12.1 Å². The summed E-state index contributed by atoms with van der Waals surface area (Å²) in [5.41, 5.74) is 1.64. The van der Waals surface area contributed by atoms with Crippen LogP contribution in [-0.2, 0) is 4.79 Å². The maximum absolute atomic E-state index is 10.6. The average molecular weight is 187 g/mol. The van der Waals surface area contributed by atoms with Gasteiger partial charge < -0.3 is 5.11 Å². The second-order valence-corrected chi connectivity index (χ2v) is 3.52. The number of carboxylic acid groups (broad SMARTS) is 1. The van der Waals surface area contributed by atoms with Gasteiger partial charge in [0.25, 0.3) is 0 Å². The SMILES string of the molecule is N#Cc1ccc([C@H]2C[C@H]2C(=O)O)cc1. The molecule has 70 valence electrons. The molecular weight excluding hydrogens is 178 g/mol. The minimum absolute atomic E-state index is 0.153. The summed E-state index contributed by atoms with van der Waals surface area (Å²) in [4.78, 5) is 10.6. The lowest BCUT2D eigenvalue weighted by Crippen LogP contribution is -1.98. The van der Waals surface area contributed by atoms with Gasteiger partial charge in [0, 0.05) is 0 Å². The lowest BCUT2D eigenvalue weighted by atomic mass is 10.1. The maximum atomic E-state index is 10.6. The summed E-state index contributed by atoms with van der Waals surface area (Å²) in [7, 11) is 0. The van der Waals surface area contributed by atoms with Gasteiger partial charge >= 0.3 is 5.97 Å². The van der Waals surface area contributed by atoms with E-state index in [4.69, 9.17) is 10.4 Å². The van der Waals surface area contributed by atoms with E-state index in [0.29, 0.717) is 5.56 Å². The van der Waals surface area contributed by atoms with Crippen molar-refractivity contribution >= 4 is 5.97 Å². The number of carboxylic acids is 1. The maximum Gasteiger partial charge on any atom is 0.307 e. The first-order valence-electron chi connectivity index (χ1n) is 4.45. The number of hydrogen-bond donors (Lipinski definition) is 1. The van der Waals surface area contributed by atoms with Crippen molar-refractivity contribution in [3.63, 3.8) is 0 Å². The van der Waals surface area contributed by atoms with Crippen molar-refractivity contribution in [3.8, 4) is 6.07 Å². The first-order chi connectivity index (χ1) is 6.72. The Labute approximate surface area is 81.6 Å². The number of nitriles is 1. The summed E-state index contributed by atoms with van der Waals surface area (Å²) >= 11 is 0. The third kappa shape index (κ3) is 1.47. The highest BCUT2D eigenvalue weighted by molar-refractivity contribution is 5.75. The number of nitrogens with zero attached hydrogens (tertiary/aromatic N) is 1. The summed E-state index contributed by atoms with van der Waals surface area (Å²) in [5, 5.41) is 17.3. The summed E-state index contributed by atoms with van der Waals surface area (Å²) < 4.78 is 0. The van der Waals surface area contributed by atoms with Crippen LogP contribution in [0, 0.1) is 17.2 Å². The van der Waals surface area contributed by atoms with Gasteiger partial charge in [-0.3, -0.25) is 4.79 Å². The molecule has 0 spiro atoms. The Bertz CT molecular complexity index is 402. The fraction of sp³-hybridized carbons (Fsp3) is 0.273. The standard InChI is InChI=1S/C11H9NO2/c12-6-7-1-3-8(4-2-7)9-5-10(9)11(13)14/h1-4,9-10H,5H2,(H,13,14)/t9-,10-/m1/s1. The van der Waals surface area contributed by atoms with Gasteiger partial charge in [-0.2, -0.15) is 5.26 Å². The van der Waals surface area contributed by atoms with Crippen LogP contribution in [0.4, 0.5) is 0 Å². The smallest absolute Gasteiger partial charge is 0.307 e. The van der Waals surface area contributed by atoms with Crippen LogP contribution in [0.15, 0.2) is 24.3 Å². The summed E-state index contributed by atoms with van der Waals surface area (Å²) in [6.07, 6.45) is 0.723. The molecule has 0 heterocycles. The predicted octanol–water partition coefficient (Wildman–Crippen LogP) is 1.75. The zero-order chi connectivity index (χ0) is 10.1. The predicted molar refractivity (Wildman–Crippen MR) is 49.6 cm³/mol. The minimum Gasteiger partial charge on any atom is -0.481 e. The molecule has 0 unspecified atom stereocenters. The third-order valence-corrected chi connectivity index (χ3v) is 2.58. The molecule has 1 aliphatic rings. The Kier molecular flexibility index (Phi) is 1.97. The molecule has 1 saturated carbocycles. The molecule has 3 heteroatoms. The van der Waals surface area contributed by atoms with Crippen LogP contribution in [0.25, 0.3) is 0 Å². The number of hydrogen-bond acceptors (Lipinski definition) is 2. The lowest BCUT2D eigenvalue weighted by molar-refractivity contribution is -0.138. The van der Waals surface area contributed by atoms with Gasteiger partial charge in [-0.1, -0.05) is 12.1 Å². The number of benzene rings is 1. The fourth-order valence-electron chi connectivity index (χ4n) is 1.64. The molecule has 0 aromatic heterocycles. The van der Waals surface area contributed by atoms with E-state index in [1.807, 2.05) is 18.2 Å². The van der Waals surface area contributed by atoms with E-state index in [9.17, 15) is 4.79 Å². The van der Waals surface area contributed by atoms with Crippen LogP contribution in [0.3, 0.4) is 0 Å². The average Bonchev–Trinajstić information content (AvgIpc) is 2.97. The molecule has 0 radical (unpaired) electrons. The van der Waals surface area contributed by atoms with Crippen LogP contribution in [0.2, 0.25) is 0 Å². The van der Waals surface area contributed by atoms with Crippen LogP contribution in [-0.4, -0.2) is 11.1 Å². The van der Waals surface area contributed by atoms with Crippen molar-refractivity contribution in [3.05, 3.63) is 35.4 Å². The first kappa shape index (κ1) is 8.76. The van der Waals surface area contributed by atoms with E-state index in [2.05, 4.69) is 0 Å². The minimum atomic E-state index is -0.723. The molecular formula is C11H9NO2. The van der Waals surface area contributed by atoms with Crippen LogP contribution < -0.4 is 0 Å². The Morgan fingerprint density at radius 1 is 1.43 bits per heavy atom. The van der Waals surface area contributed by atoms with Gasteiger partial charge in [0.1, 0.15) is 0 Å². The van der Waals surface area contributed by atoms with E-state index >= 15 is 0 Å². The summed E-state index contributed by atoms with van der Waals surface area (Å²) in [6, 6.07) is 9.17. The highest BCUT2D eigenvalue weighted by Crippen LogP contribution is 2.47. The molecule has 0 bridgehead atoms. The number of carbonyl (C=O) groups is 1. The zero-order valence-corrected chi connectivity index (χ0v) is 7.47. The largest absolute Gasteiger partial charge is 0.481 e. The summed E-state index contributed by atoms with van der Waals surface area (Å²) in [6.45, 7) is 0. The van der Waals surface area contributed by atoms with E-state index < -0.39 is 5.97 Å². The van der Waals surface area contributed by atoms with Crippen molar-refractivity contribution in [1.82, 2.24) is 0 Å². The molecule has 1 aromatic carbocycles. The first-order valence-corrected chi connectivity index (χ1v) is 4.45. The number of rotatable bonds is 2. The Morgan fingerprint density at radius 2 is 2.07 bits per heavy atom. The van der Waals surface area contributed by atoms with Crippen molar-refractivity contribution in [1.29, 1.82) is 5.26 Å². The van der Waals surface area contributed by atoms with Gasteiger partial charge in [-0.25, -0.2) is 0 Å². The zero-order valence-electron chi connectivity index (χ0n) is 7.47. The molecule has 1 aromatic rings. The van der Waals surface area contributed by atoms with Gasteiger partial charge in [-0.15, -0.1) is 0 Å². The second kappa shape index (κ2) is 3.15. The van der Waals surface area contributed by atoms with E-state index in [-0.39, 0.29) is 11.8 Å². The molecule has 0 aliphatic heterocycles. The molecule has 1 N–H and O–H groups in total. The molecule has 0 saturated heterocycles. The second-order valence-electron chi connectivity index (χ2n) is 3.52. The van der Waals surface area contributed by atoms with Gasteiger partial charge in [0.15, 0.2) is 0 Å². The summed E-state index contributed by atoms with van der Waals surface area (Å²) in [5.74, 6) is -0.789. The molecule has 0 amide bonds. The molecule has 14 heavy (non-hydrogen) atoms. The van der Waals surface area contributed by atoms with E-state index in [0.717, 1.165) is 12.0 Å². The number of aliphatic carboxylic acids is 1. The highest BCUT2D eigenvalue weighted by Gasteiger charge is 2.43. The molecule has 2 rings (SSSR count). The van der Waals surface area contributed by atoms with Crippen molar-refractivity contribution in [2.24, 2.45) is 5.92 Å². The fourth-order valence-corrected chi connectivity index (χ4v) is 1.64. The lowest BCUT2D eigenvalue weighted by Gasteiger charge is -1.97. The van der Waals surface area contributed by atoms with Crippen LogP contribution in [0.1, 0.15) is 23.5 Å². The monoisotopic (exact) mass is 187 g/mol. The van der Waals surface area contributed by atoms with Crippen molar-refractivity contribution in [2.45, 2.75) is 12.3 Å². The molecule has 1 fully saturated rings. The third-order valence-electron chi connectivity index (χ3n) is 2.58. The highest BCUT2D eigenvalue weighted by atomic mass is 16.4. The molecule has 1 aliphatic carbocycles. The van der Waals surface area contributed by atoms with Gasteiger partial charge in [0.05, 0.1) is 17.6 Å². The Balaban J connectivity index is 2.13.